The summed E-state index contributed by atoms with van der Waals surface area (Å²) in [7, 11) is -2.21. The SMILES string of the molecule is CCCS(=O)(=O)Oc1c(C(=O)c2cc(C)c3c(c2C)C(C)(C)CCC3)cnn1C. The molecule has 6 nitrogen and oxygen atoms in total. The van der Waals surface area contributed by atoms with Crippen LogP contribution in [0.2, 0.25) is 0 Å². The number of benzene rings is 1. The summed E-state index contributed by atoms with van der Waals surface area (Å²) in [6, 6.07) is 1.93. The fourth-order valence-corrected chi connectivity index (χ4v) is 5.54. The van der Waals surface area contributed by atoms with Gasteiger partial charge in [-0.05, 0) is 73.3 Å². The van der Waals surface area contributed by atoms with Crippen molar-refractivity contribution in [2.75, 3.05) is 5.75 Å². The third-order valence-corrected chi connectivity index (χ3v) is 7.18. The highest BCUT2D eigenvalue weighted by Crippen LogP contribution is 2.41. The zero-order chi connectivity index (χ0) is 21.6. The van der Waals surface area contributed by atoms with Crippen LogP contribution in [-0.4, -0.2) is 29.7 Å². The highest BCUT2D eigenvalue weighted by Gasteiger charge is 2.33. The lowest BCUT2D eigenvalue weighted by molar-refractivity contribution is 0.103. The second kappa shape index (κ2) is 7.59. The number of fused-ring (bicyclic) bond motifs is 1. The van der Waals surface area contributed by atoms with Crippen molar-refractivity contribution in [2.24, 2.45) is 7.05 Å². The van der Waals surface area contributed by atoms with Gasteiger partial charge in [0.05, 0.1) is 11.9 Å². The van der Waals surface area contributed by atoms with Crippen molar-refractivity contribution >= 4 is 15.9 Å². The third-order valence-electron chi connectivity index (χ3n) is 5.86. The third kappa shape index (κ3) is 3.97. The average molecular weight is 419 g/mol. The van der Waals surface area contributed by atoms with Gasteiger partial charge in [-0.15, -0.1) is 0 Å². The van der Waals surface area contributed by atoms with Gasteiger partial charge in [-0.3, -0.25) is 4.79 Å². The summed E-state index contributed by atoms with van der Waals surface area (Å²) in [5, 5.41) is 4.08. The molecule has 0 fully saturated rings. The van der Waals surface area contributed by atoms with Crippen LogP contribution >= 0.6 is 0 Å². The van der Waals surface area contributed by atoms with Crippen molar-refractivity contribution in [1.29, 1.82) is 0 Å². The van der Waals surface area contributed by atoms with E-state index in [0.717, 1.165) is 30.4 Å². The maximum Gasteiger partial charge on any atom is 0.310 e. The van der Waals surface area contributed by atoms with E-state index >= 15 is 0 Å². The van der Waals surface area contributed by atoms with E-state index in [-0.39, 0.29) is 28.4 Å². The van der Waals surface area contributed by atoms with Crippen molar-refractivity contribution in [2.45, 2.75) is 65.7 Å². The van der Waals surface area contributed by atoms with Crippen molar-refractivity contribution in [3.8, 4) is 5.88 Å². The zero-order valence-corrected chi connectivity index (χ0v) is 18.9. The van der Waals surface area contributed by atoms with E-state index in [1.165, 1.54) is 22.0 Å². The Balaban J connectivity index is 2.11. The maximum absolute atomic E-state index is 13.5. The first-order valence-corrected chi connectivity index (χ1v) is 11.7. The van der Waals surface area contributed by atoms with E-state index in [2.05, 4.69) is 18.9 Å². The Labute approximate surface area is 173 Å². The predicted molar refractivity (Wildman–Crippen MR) is 113 cm³/mol. The van der Waals surface area contributed by atoms with Crippen LogP contribution in [0.25, 0.3) is 0 Å². The molecule has 7 heteroatoms. The van der Waals surface area contributed by atoms with Crippen LogP contribution in [0.5, 0.6) is 5.88 Å². The van der Waals surface area contributed by atoms with Crippen LogP contribution in [-0.2, 0) is 29.0 Å². The van der Waals surface area contributed by atoms with Gasteiger partial charge in [0.1, 0.15) is 5.56 Å². The Bertz CT molecular complexity index is 1060. The molecule has 158 valence electrons. The molecule has 0 saturated heterocycles. The van der Waals surface area contributed by atoms with Gasteiger partial charge in [0.25, 0.3) is 0 Å². The van der Waals surface area contributed by atoms with Crippen LogP contribution < -0.4 is 4.18 Å². The van der Waals surface area contributed by atoms with Gasteiger partial charge in [0.2, 0.25) is 5.88 Å². The molecular weight excluding hydrogens is 388 g/mol. The molecule has 0 spiro atoms. The fourth-order valence-electron chi connectivity index (χ4n) is 4.51. The molecule has 0 amide bonds. The highest BCUT2D eigenvalue weighted by molar-refractivity contribution is 7.87. The molecule has 1 aromatic heterocycles. The second-order valence-corrected chi connectivity index (χ2v) is 10.3. The van der Waals surface area contributed by atoms with Gasteiger partial charge in [0.15, 0.2) is 5.78 Å². The number of aryl methyl sites for hydroxylation is 2. The van der Waals surface area contributed by atoms with Gasteiger partial charge in [-0.25, -0.2) is 4.68 Å². The standard InChI is InChI=1S/C22H30N2O4S/c1-7-11-29(26,27)28-21-18(13-23-24(21)6)20(25)17-12-14(2)16-9-8-10-22(4,5)19(16)15(17)3/h12-13H,7-11H2,1-6H3. The lowest BCUT2D eigenvalue weighted by Crippen LogP contribution is -2.27. The molecule has 0 atom stereocenters. The van der Waals surface area contributed by atoms with Crippen LogP contribution in [0.4, 0.5) is 0 Å². The summed E-state index contributed by atoms with van der Waals surface area (Å²) in [4.78, 5) is 13.5. The normalized spacial score (nSPS) is 15.8. The molecule has 3 rings (SSSR count). The molecule has 0 radical (unpaired) electrons. The minimum atomic E-state index is -3.78. The van der Waals surface area contributed by atoms with Crippen LogP contribution in [0, 0.1) is 13.8 Å². The zero-order valence-electron chi connectivity index (χ0n) is 18.1. The molecule has 29 heavy (non-hydrogen) atoms. The Morgan fingerprint density at radius 3 is 2.62 bits per heavy atom. The molecule has 0 saturated carbocycles. The van der Waals surface area contributed by atoms with Gasteiger partial charge >= 0.3 is 10.1 Å². The first-order valence-electron chi connectivity index (χ1n) is 10.1. The van der Waals surface area contributed by atoms with Gasteiger partial charge in [-0.2, -0.15) is 13.5 Å². The highest BCUT2D eigenvalue weighted by atomic mass is 32.2. The largest absolute Gasteiger partial charge is 0.361 e. The maximum atomic E-state index is 13.5. The first-order chi connectivity index (χ1) is 13.5. The average Bonchev–Trinajstić information content (AvgIpc) is 2.96. The van der Waals surface area contributed by atoms with Gasteiger partial charge in [-0.1, -0.05) is 20.8 Å². The molecule has 1 aromatic carbocycles. The first kappa shape index (κ1) is 21.6. The summed E-state index contributed by atoms with van der Waals surface area (Å²) in [5.41, 5.74) is 5.40. The molecule has 1 aliphatic rings. The summed E-state index contributed by atoms with van der Waals surface area (Å²) in [5.74, 6) is -0.404. The number of hydrogen-bond donors (Lipinski definition) is 0. The summed E-state index contributed by atoms with van der Waals surface area (Å²) in [6.07, 6.45) is 5.06. The Hall–Kier alpha value is -2.15. The molecule has 0 N–H and O–H groups in total. The summed E-state index contributed by atoms with van der Waals surface area (Å²) < 4.78 is 30.9. The van der Waals surface area contributed by atoms with Crippen LogP contribution in [0.3, 0.4) is 0 Å². The van der Waals surface area contributed by atoms with E-state index < -0.39 is 10.1 Å². The number of carbonyl (C=O) groups excluding carboxylic acids is 1. The minimum absolute atomic E-state index is 0.00253. The van der Waals surface area contributed by atoms with E-state index in [4.69, 9.17) is 4.18 Å². The molecule has 2 aromatic rings. The number of aromatic nitrogens is 2. The van der Waals surface area contributed by atoms with Crippen molar-refractivity contribution < 1.29 is 17.4 Å². The smallest absolute Gasteiger partial charge is 0.310 e. The molecule has 1 aliphatic carbocycles. The van der Waals surface area contributed by atoms with E-state index in [1.807, 2.05) is 19.9 Å². The number of ketones is 1. The summed E-state index contributed by atoms with van der Waals surface area (Å²) >= 11 is 0. The number of nitrogens with zero attached hydrogens (tertiary/aromatic N) is 2. The van der Waals surface area contributed by atoms with Crippen molar-refractivity contribution in [1.82, 2.24) is 9.78 Å². The molecule has 0 bridgehead atoms. The molecule has 1 heterocycles. The lowest BCUT2D eigenvalue weighted by Gasteiger charge is -2.36. The van der Waals surface area contributed by atoms with E-state index in [0.29, 0.717) is 12.0 Å². The molecular formula is C22H30N2O4S. The Morgan fingerprint density at radius 2 is 1.97 bits per heavy atom. The Kier molecular flexibility index (Phi) is 5.64. The molecule has 0 aliphatic heterocycles. The van der Waals surface area contributed by atoms with Crippen molar-refractivity contribution in [3.05, 3.63) is 45.6 Å². The number of hydrogen-bond acceptors (Lipinski definition) is 5. The number of carbonyl (C=O) groups is 1. The predicted octanol–water partition coefficient (Wildman–Crippen LogP) is 4.00. The quantitative estimate of drug-likeness (QED) is 0.523. The van der Waals surface area contributed by atoms with Crippen LogP contribution in [0.1, 0.15) is 78.2 Å². The monoisotopic (exact) mass is 418 g/mol. The summed E-state index contributed by atoms with van der Waals surface area (Å²) in [6.45, 7) is 10.2. The second-order valence-electron chi connectivity index (χ2n) is 8.62. The van der Waals surface area contributed by atoms with E-state index in [1.54, 1.807) is 14.0 Å². The number of rotatable bonds is 6. The lowest BCUT2D eigenvalue weighted by atomic mass is 9.68. The topological polar surface area (TPSA) is 78.3 Å². The van der Waals surface area contributed by atoms with Gasteiger partial charge < -0.3 is 4.18 Å². The molecule has 0 unspecified atom stereocenters. The van der Waals surface area contributed by atoms with E-state index in [9.17, 15) is 13.2 Å². The minimum Gasteiger partial charge on any atom is -0.361 e. The van der Waals surface area contributed by atoms with Gasteiger partial charge in [0, 0.05) is 12.6 Å². The van der Waals surface area contributed by atoms with Crippen molar-refractivity contribution in [3.63, 3.8) is 0 Å². The fraction of sp³-hybridized carbons (Fsp3) is 0.545. The Morgan fingerprint density at radius 1 is 1.28 bits per heavy atom. The van der Waals surface area contributed by atoms with Crippen LogP contribution in [0.15, 0.2) is 12.3 Å².